The number of nitrogens with one attached hydrogen (secondary N) is 1. The Morgan fingerprint density at radius 3 is 2.35 bits per heavy atom. The molecule has 0 aliphatic carbocycles. The lowest BCUT2D eigenvalue weighted by Gasteiger charge is -2.17. The maximum Gasteiger partial charge on any atom is 0.203 e. The molecule has 1 aromatic heterocycles. The number of nitrogens with zero attached hydrogens (tertiary/aromatic N) is 2. The maximum atomic E-state index is 10.3. The number of H-pyrrole nitrogens is 1. The number of hydrogen-bond acceptors (Lipinski definition) is 7. The number of oxime groups is 1. The van der Waals surface area contributed by atoms with Gasteiger partial charge in [0.15, 0.2) is 11.5 Å². The number of ether oxygens (including phenoxy) is 3. The number of benzene rings is 1. The van der Waals surface area contributed by atoms with Gasteiger partial charge in [0.05, 0.1) is 39.3 Å². The summed E-state index contributed by atoms with van der Waals surface area (Å²) in [7, 11) is 5.95. The Morgan fingerprint density at radius 1 is 1.15 bits per heavy atom. The van der Waals surface area contributed by atoms with Crippen molar-refractivity contribution in [2.75, 3.05) is 28.4 Å². The zero-order valence-corrected chi connectivity index (χ0v) is 15.3. The van der Waals surface area contributed by atoms with Crippen molar-refractivity contribution in [1.29, 1.82) is 5.26 Å². The topological polar surface area (TPSA) is 109 Å². The van der Waals surface area contributed by atoms with E-state index in [0.29, 0.717) is 39.6 Å². The van der Waals surface area contributed by atoms with E-state index in [0.717, 1.165) is 0 Å². The van der Waals surface area contributed by atoms with Crippen LogP contribution in [0.4, 0.5) is 0 Å². The SMILES string of the molecule is CO/N=C/c1[nH]c(C#N)c(C(C)O)c1-c1ccc(OC)c(OC)c1OC. The minimum absolute atomic E-state index is 0.226. The van der Waals surface area contributed by atoms with Gasteiger partial charge in [-0.05, 0) is 19.1 Å². The molecule has 1 unspecified atom stereocenters. The molecule has 0 bridgehead atoms. The van der Waals surface area contributed by atoms with E-state index in [4.69, 9.17) is 19.0 Å². The Labute approximate surface area is 151 Å². The van der Waals surface area contributed by atoms with Crippen molar-refractivity contribution in [3.05, 3.63) is 29.1 Å². The Balaban J connectivity index is 2.89. The van der Waals surface area contributed by atoms with Crippen molar-refractivity contribution < 1.29 is 24.2 Å². The summed E-state index contributed by atoms with van der Waals surface area (Å²) >= 11 is 0. The molecule has 2 N–H and O–H groups in total. The van der Waals surface area contributed by atoms with Gasteiger partial charge < -0.3 is 29.1 Å². The number of nitriles is 1. The Hall–Kier alpha value is -3.18. The highest BCUT2D eigenvalue weighted by Gasteiger charge is 2.26. The maximum absolute atomic E-state index is 10.3. The lowest BCUT2D eigenvalue weighted by atomic mass is 9.96. The van der Waals surface area contributed by atoms with Crippen LogP contribution in [0.3, 0.4) is 0 Å². The molecule has 0 spiro atoms. The lowest BCUT2D eigenvalue weighted by molar-refractivity contribution is 0.199. The Morgan fingerprint density at radius 2 is 1.85 bits per heavy atom. The number of aromatic nitrogens is 1. The van der Waals surface area contributed by atoms with Crippen LogP contribution in [0.1, 0.15) is 30.0 Å². The normalized spacial score (nSPS) is 11.9. The van der Waals surface area contributed by atoms with Gasteiger partial charge in [-0.1, -0.05) is 5.16 Å². The van der Waals surface area contributed by atoms with Gasteiger partial charge in [0.1, 0.15) is 18.9 Å². The summed E-state index contributed by atoms with van der Waals surface area (Å²) in [6.45, 7) is 1.58. The molecule has 8 heteroatoms. The molecule has 0 amide bonds. The molecule has 1 heterocycles. The van der Waals surface area contributed by atoms with E-state index in [1.807, 2.05) is 0 Å². The van der Waals surface area contributed by atoms with Crippen LogP contribution >= 0.6 is 0 Å². The number of rotatable bonds is 7. The number of hydrogen-bond donors (Lipinski definition) is 2. The minimum Gasteiger partial charge on any atom is -0.493 e. The van der Waals surface area contributed by atoms with Gasteiger partial charge in [-0.25, -0.2) is 0 Å². The number of aliphatic hydroxyl groups is 1. The van der Waals surface area contributed by atoms with Gasteiger partial charge in [-0.15, -0.1) is 0 Å². The van der Waals surface area contributed by atoms with Crippen molar-refractivity contribution in [3.8, 4) is 34.4 Å². The van der Waals surface area contributed by atoms with Crippen LogP contribution in [-0.2, 0) is 4.84 Å². The average Bonchev–Trinajstić information content (AvgIpc) is 3.03. The molecule has 2 aromatic rings. The van der Waals surface area contributed by atoms with Crippen LogP contribution in [0.5, 0.6) is 17.2 Å². The number of aromatic amines is 1. The predicted molar refractivity (Wildman–Crippen MR) is 95.8 cm³/mol. The zero-order valence-electron chi connectivity index (χ0n) is 15.3. The number of methoxy groups -OCH3 is 3. The first-order valence-corrected chi connectivity index (χ1v) is 7.73. The van der Waals surface area contributed by atoms with Gasteiger partial charge in [-0.2, -0.15) is 5.26 Å². The first-order chi connectivity index (χ1) is 12.5. The fourth-order valence-corrected chi connectivity index (χ4v) is 2.83. The van der Waals surface area contributed by atoms with Crippen LogP contribution in [0.2, 0.25) is 0 Å². The van der Waals surface area contributed by atoms with E-state index in [9.17, 15) is 10.4 Å². The highest BCUT2D eigenvalue weighted by Crippen LogP contribution is 2.47. The van der Waals surface area contributed by atoms with Crippen molar-refractivity contribution >= 4 is 6.21 Å². The summed E-state index contributed by atoms with van der Waals surface area (Å²) in [6.07, 6.45) is 0.525. The van der Waals surface area contributed by atoms with Crippen LogP contribution in [-0.4, -0.2) is 44.7 Å². The van der Waals surface area contributed by atoms with Crippen LogP contribution in [0.25, 0.3) is 11.1 Å². The zero-order chi connectivity index (χ0) is 19.3. The standard InChI is InChI=1S/C18H21N3O5/c1-10(22)15-12(8-19)21-13(9-20-26-5)16(15)11-6-7-14(23-2)18(25-4)17(11)24-3/h6-7,9-10,21-22H,1-5H3/b20-9+. The molecule has 138 valence electrons. The molecule has 1 aromatic carbocycles. The highest BCUT2D eigenvalue weighted by atomic mass is 16.6. The molecular weight excluding hydrogens is 338 g/mol. The first kappa shape index (κ1) is 19.1. The van der Waals surface area contributed by atoms with E-state index in [1.165, 1.54) is 34.7 Å². The van der Waals surface area contributed by atoms with Crippen LogP contribution < -0.4 is 14.2 Å². The second-order valence-corrected chi connectivity index (χ2v) is 5.29. The summed E-state index contributed by atoms with van der Waals surface area (Å²) < 4.78 is 16.3. The number of aliphatic hydroxyl groups excluding tert-OH is 1. The molecule has 1 atom stereocenters. The van der Waals surface area contributed by atoms with E-state index in [2.05, 4.69) is 16.2 Å². The van der Waals surface area contributed by atoms with E-state index in [-0.39, 0.29) is 5.69 Å². The van der Waals surface area contributed by atoms with Crippen LogP contribution in [0.15, 0.2) is 17.3 Å². The summed E-state index contributed by atoms with van der Waals surface area (Å²) in [5.41, 5.74) is 2.32. The average molecular weight is 359 g/mol. The second-order valence-electron chi connectivity index (χ2n) is 5.29. The fraction of sp³-hybridized carbons (Fsp3) is 0.333. The van der Waals surface area contributed by atoms with Gasteiger partial charge in [0, 0.05) is 16.7 Å². The van der Waals surface area contributed by atoms with E-state index >= 15 is 0 Å². The summed E-state index contributed by atoms with van der Waals surface area (Å²) in [5.74, 6) is 1.30. The third-order valence-electron chi connectivity index (χ3n) is 3.86. The quantitative estimate of drug-likeness (QED) is 0.581. The molecule has 8 nitrogen and oxygen atoms in total. The molecule has 2 rings (SSSR count). The minimum atomic E-state index is -0.904. The monoisotopic (exact) mass is 359 g/mol. The largest absolute Gasteiger partial charge is 0.493 e. The van der Waals surface area contributed by atoms with Crippen molar-refractivity contribution in [1.82, 2.24) is 4.98 Å². The van der Waals surface area contributed by atoms with Crippen molar-refractivity contribution in [3.63, 3.8) is 0 Å². The predicted octanol–water partition coefficient (Wildman–Crippen LogP) is 2.61. The molecular formula is C18H21N3O5. The molecule has 26 heavy (non-hydrogen) atoms. The second kappa shape index (κ2) is 8.27. The van der Waals surface area contributed by atoms with Crippen molar-refractivity contribution in [2.45, 2.75) is 13.0 Å². The molecule has 0 saturated carbocycles. The third kappa shape index (κ3) is 3.30. The third-order valence-corrected chi connectivity index (χ3v) is 3.86. The van der Waals surface area contributed by atoms with Gasteiger partial charge >= 0.3 is 0 Å². The summed E-state index contributed by atoms with van der Waals surface area (Å²) in [6, 6.07) is 5.54. The lowest BCUT2D eigenvalue weighted by Crippen LogP contribution is -2.00. The van der Waals surface area contributed by atoms with Gasteiger partial charge in [0.25, 0.3) is 0 Å². The fourth-order valence-electron chi connectivity index (χ4n) is 2.83. The molecule has 0 aliphatic rings. The highest BCUT2D eigenvalue weighted by molar-refractivity contribution is 5.94. The molecule has 0 saturated heterocycles. The molecule has 0 fully saturated rings. The van der Waals surface area contributed by atoms with Gasteiger partial charge in [-0.3, -0.25) is 0 Å². The summed E-state index contributed by atoms with van der Waals surface area (Å²) in [4.78, 5) is 7.70. The molecule has 0 radical (unpaired) electrons. The molecule has 0 aliphatic heterocycles. The Bertz CT molecular complexity index is 849. The first-order valence-electron chi connectivity index (χ1n) is 7.73. The summed E-state index contributed by atoms with van der Waals surface area (Å²) in [5, 5.41) is 23.5. The van der Waals surface area contributed by atoms with Crippen molar-refractivity contribution in [2.24, 2.45) is 5.16 Å². The van der Waals surface area contributed by atoms with Crippen LogP contribution in [0, 0.1) is 11.3 Å². The smallest absolute Gasteiger partial charge is 0.203 e. The van der Waals surface area contributed by atoms with E-state index in [1.54, 1.807) is 19.1 Å². The van der Waals surface area contributed by atoms with E-state index < -0.39 is 6.10 Å². The van der Waals surface area contributed by atoms with Gasteiger partial charge in [0.2, 0.25) is 5.75 Å². The Kier molecular flexibility index (Phi) is 6.09.